The Balaban J connectivity index is 1.97. The lowest BCUT2D eigenvalue weighted by atomic mass is 10.1. The summed E-state index contributed by atoms with van der Waals surface area (Å²) < 4.78 is 14.1. The monoisotopic (exact) mass is 383 g/mol. The van der Waals surface area contributed by atoms with Crippen molar-refractivity contribution in [2.45, 2.75) is 6.92 Å². The summed E-state index contributed by atoms with van der Waals surface area (Å²) in [4.78, 5) is 10.1. The van der Waals surface area contributed by atoms with E-state index in [0.29, 0.717) is 35.0 Å². The molecule has 0 spiro atoms. The van der Waals surface area contributed by atoms with Gasteiger partial charge in [-0.05, 0) is 42.8 Å². The molecular formula is C20H22FN5O2. The van der Waals surface area contributed by atoms with Crippen LogP contribution in [0.4, 0.5) is 27.5 Å². The molecule has 28 heavy (non-hydrogen) atoms. The number of nitrogen functional groups attached to an aromatic ring is 1. The first-order chi connectivity index (χ1) is 13.4. The second kappa shape index (κ2) is 8.10. The molecule has 146 valence electrons. The highest BCUT2D eigenvalue weighted by Crippen LogP contribution is 2.33. The molecule has 0 aliphatic rings. The van der Waals surface area contributed by atoms with Gasteiger partial charge in [-0.1, -0.05) is 6.07 Å². The number of nitrogens with one attached hydrogen (secondary N) is 1. The number of halogens is 1. The Bertz CT molecular complexity index is 996. The number of hydrogen-bond donors (Lipinski definition) is 4. The van der Waals surface area contributed by atoms with Crippen LogP contribution in [0.1, 0.15) is 5.56 Å². The van der Waals surface area contributed by atoms with E-state index in [4.69, 9.17) is 10.8 Å². The van der Waals surface area contributed by atoms with E-state index < -0.39 is 0 Å². The number of phenols is 1. The third-order valence-corrected chi connectivity index (χ3v) is 4.23. The fourth-order valence-corrected chi connectivity index (χ4v) is 2.75. The number of rotatable bonds is 6. The van der Waals surface area contributed by atoms with Crippen molar-refractivity contribution in [2.24, 2.45) is 0 Å². The number of anilines is 4. The van der Waals surface area contributed by atoms with Crippen LogP contribution in [0.15, 0.2) is 42.5 Å². The predicted molar refractivity (Wildman–Crippen MR) is 108 cm³/mol. The van der Waals surface area contributed by atoms with Gasteiger partial charge in [0.25, 0.3) is 0 Å². The van der Waals surface area contributed by atoms with E-state index in [-0.39, 0.29) is 24.1 Å². The Hall–Kier alpha value is -3.39. The number of nitrogens with zero attached hydrogens (tertiary/aromatic N) is 3. The molecule has 0 fully saturated rings. The highest BCUT2D eigenvalue weighted by molar-refractivity contribution is 5.75. The number of phenolic OH excluding ortho intramolecular Hbond substituents is 1. The Morgan fingerprint density at radius 3 is 2.64 bits per heavy atom. The molecule has 1 aromatic heterocycles. The minimum Gasteiger partial charge on any atom is -0.507 e. The van der Waals surface area contributed by atoms with Crippen molar-refractivity contribution in [3.05, 3.63) is 53.8 Å². The molecule has 1 heterocycles. The largest absolute Gasteiger partial charge is 0.507 e. The lowest BCUT2D eigenvalue weighted by Crippen LogP contribution is -2.22. The zero-order chi connectivity index (χ0) is 20.3. The maximum atomic E-state index is 14.1. The first-order valence-electron chi connectivity index (χ1n) is 8.70. The van der Waals surface area contributed by atoms with Gasteiger partial charge in [0.15, 0.2) is 0 Å². The fourth-order valence-electron chi connectivity index (χ4n) is 2.75. The maximum absolute atomic E-state index is 14.1. The summed E-state index contributed by atoms with van der Waals surface area (Å²) in [7, 11) is 1.76. The average Bonchev–Trinajstić information content (AvgIpc) is 2.65. The Morgan fingerprint density at radius 1 is 1.14 bits per heavy atom. The summed E-state index contributed by atoms with van der Waals surface area (Å²) in [6.45, 7) is 2.15. The van der Waals surface area contributed by atoms with E-state index >= 15 is 0 Å². The van der Waals surface area contributed by atoms with Gasteiger partial charge in [0.1, 0.15) is 17.4 Å². The first-order valence-corrected chi connectivity index (χ1v) is 8.70. The van der Waals surface area contributed by atoms with Crippen molar-refractivity contribution in [3.8, 4) is 17.0 Å². The summed E-state index contributed by atoms with van der Waals surface area (Å²) >= 11 is 0. The van der Waals surface area contributed by atoms with E-state index in [0.717, 1.165) is 5.56 Å². The predicted octanol–water partition coefficient (Wildman–Crippen LogP) is 3.05. The van der Waals surface area contributed by atoms with Crippen LogP contribution in [0.25, 0.3) is 11.3 Å². The molecule has 7 nitrogen and oxygen atoms in total. The zero-order valence-electron chi connectivity index (χ0n) is 15.6. The normalized spacial score (nSPS) is 10.7. The van der Waals surface area contributed by atoms with E-state index in [9.17, 15) is 9.50 Å². The van der Waals surface area contributed by atoms with E-state index in [2.05, 4.69) is 15.3 Å². The number of aryl methyl sites for hydroxylation is 1. The van der Waals surface area contributed by atoms with E-state index in [1.807, 2.05) is 6.92 Å². The number of aromatic nitrogens is 2. The van der Waals surface area contributed by atoms with Gasteiger partial charge in [0.2, 0.25) is 5.95 Å². The third kappa shape index (κ3) is 4.29. The minimum atomic E-state index is -0.367. The summed E-state index contributed by atoms with van der Waals surface area (Å²) in [5.74, 6) is 0.191. The van der Waals surface area contributed by atoms with Crippen molar-refractivity contribution >= 4 is 23.1 Å². The topological polar surface area (TPSA) is 108 Å². The van der Waals surface area contributed by atoms with Gasteiger partial charge in [-0.3, -0.25) is 0 Å². The second-order valence-electron chi connectivity index (χ2n) is 6.45. The molecular weight excluding hydrogens is 361 g/mol. The molecule has 0 aliphatic heterocycles. The van der Waals surface area contributed by atoms with Gasteiger partial charge in [-0.15, -0.1) is 0 Å². The van der Waals surface area contributed by atoms with Gasteiger partial charge >= 0.3 is 0 Å². The van der Waals surface area contributed by atoms with Gasteiger partial charge in [-0.25, -0.2) is 9.37 Å². The SMILES string of the molecule is Cc1ccc(Nc2ccc(O)c(-c3cc(N(C)CCO)nc(N)n3)c2)c(F)c1. The number of aliphatic hydroxyl groups is 1. The van der Waals surface area contributed by atoms with Crippen molar-refractivity contribution in [2.75, 3.05) is 36.1 Å². The number of aliphatic hydroxyl groups excluding tert-OH is 1. The molecule has 0 atom stereocenters. The van der Waals surface area contributed by atoms with Gasteiger partial charge in [0.05, 0.1) is 18.0 Å². The molecule has 8 heteroatoms. The van der Waals surface area contributed by atoms with Crippen LogP contribution in [0.5, 0.6) is 5.75 Å². The van der Waals surface area contributed by atoms with Crippen LogP contribution in [0.2, 0.25) is 0 Å². The summed E-state index contributed by atoms with van der Waals surface area (Å²) in [5, 5.41) is 22.4. The number of benzene rings is 2. The smallest absolute Gasteiger partial charge is 0.222 e. The second-order valence-corrected chi connectivity index (χ2v) is 6.45. The molecule has 3 aromatic rings. The fraction of sp³-hybridized carbons (Fsp3) is 0.200. The Kier molecular flexibility index (Phi) is 5.60. The Morgan fingerprint density at radius 2 is 1.93 bits per heavy atom. The van der Waals surface area contributed by atoms with Crippen LogP contribution in [-0.2, 0) is 0 Å². The van der Waals surface area contributed by atoms with E-state index in [1.165, 1.54) is 12.1 Å². The standard InChI is InChI=1S/C20H22FN5O2/c1-12-3-5-16(15(21)9-12)23-13-4-6-18(28)14(10-13)17-11-19(25-20(22)24-17)26(2)7-8-27/h3-6,9-11,23,27-28H,7-8H2,1-2H3,(H2,22,24,25). The highest BCUT2D eigenvalue weighted by atomic mass is 19.1. The molecule has 0 unspecified atom stereocenters. The van der Waals surface area contributed by atoms with Crippen molar-refractivity contribution in [1.29, 1.82) is 0 Å². The van der Waals surface area contributed by atoms with Crippen molar-refractivity contribution in [1.82, 2.24) is 9.97 Å². The first kappa shape index (κ1) is 19.4. The van der Waals surface area contributed by atoms with Gasteiger partial charge in [0, 0.05) is 30.9 Å². The average molecular weight is 383 g/mol. The van der Waals surface area contributed by atoms with Gasteiger partial charge < -0.3 is 26.2 Å². The zero-order valence-corrected chi connectivity index (χ0v) is 15.6. The minimum absolute atomic E-state index is 0.00351. The molecule has 0 radical (unpaired) electrons. The quantitative estimate of drug-likeness (QED) is 0.485. The molecule has 0 saturated heterocycles. The molecule has 0 bridgehead atoms. The highest BCUT2D eigenvalue weighted by Gasteiger charge is 2.13. The number of likely N-dealkylation sites (N-methyl/N-ethyl adjacent to an activating group) is 1. The van der Waals surface area contributed by atoms with Crippen LogP contribution in [-0.4, -0.2) is 40.4 Å². The number of nitrogens with two attached hydrogens (primary N) is 1. The summed E-state index contributed by atoms with van der Waals surface area (Å²) in [5.41, 5.74) is 8.39. The van der Waals surface area contributed by atoms with Crippen molar-refractivity contribution < 1.29 is 14.6 Å². The lowest BCUT2D eigenvalue weighted by Gasteiger charge is -2.18. The molecule has 0 amide bonds. The van der Waals surface area contributed by atoms with Crippen LogP contribution >= 0.6 is 0 Å². The molecule has 0 aliphatic carbocycles. The van der Waals surface area contributed by atoms with Crippen molar-refractivity contribution in [3.63, 3.8) is 0 Å². The molecule has 5 N–H and O–H groups in total. The molecule has 3 rings (SSSR count). The third-order valence-electron chi connectivity index (χ3n) is 4.23. The van der Waals surface area contributed by atoms with Crippen LogP contribution < -0.4 is 16.0 Å². The molecule has 2 aromatic carbocycles. The summed E-state index contributed by atoms with van der Waals surface area (Å²) in [6, 6.07) is 11.4. The number of aromatic hydroxyl groups is 1. The lowest BCUT2D eigenvalue weighted by molar-refractivity contribution is 0.304. The summed E-state index contributed by atoms with van der Waals surface area (Å²) in [6.07, 6.45) is 0. The Labute approximate surface area is 162 Å². The van der Waals surface area contributed by atoms with Crippen LogP contribution in [0.3, 0.4) is 0 Å². The van der Waals surface area contributed by atoms with Crippen LogP contribution in [0, 0.1) is 12.7 Å². The van der Waals surface area contributed by atoms with E-state index in [1.54, 1.807) is 42.3 Å². The molecule has 0 saturated carbocycles. The number of hydrogen-bond acceptors (Lipinski definition) is 7. The van der Waals surface area contributed by atoms with Gasteiger partial charge in [-0.2, -0.15) is 4.98 Å². The maximum Gasteiger partial charge on any atom is 0.222 e.